The van der Waals surface area contributed by atoms with Crippen LogP contribution < -0.4 is 10.1 Å². The fourth-order valence-electron chi connectivity index (χ4n) is 2.48. The monoisotopic (exact) mass is 283 g/mol. The lowest BCUT2D eigenvalue weighted by Crippen LogP contribution is -2.04. The third kappa shape index (κ3) is 2.99. The first-order chi connectivity index (χ1) is 10.1. The molecule has 0 saturated heterocycles. The van der Waals surface area contributed by atoms with Crippen LogP contribution in [0.4, 0.5) is 5.82 Å². The van der Waals surface area contributed by atoms with Crippen molar-refractivity contribution in [2.24, 2.45) is 0 Å². The highest BCUT2D eigenvalue weighted by molar-refractivity contribution is 5.50. The topological polar surface area (TPSA) is 47.0 Å². The van der Waals surface area contributed by atoms with E-state index in [1.807, 2.05) is 26.1 Å². The Balaban J connectivity index is 1.98. The van der Waals surface area contributed by atoms with E-state index in [2.05, 4.69) is 35.2 Å². The Morgan fingerprint density at radius 3 is 2.29 bits per heavy atom. The molecule has 1 aliphatic rings. The van der Waals surface area contributed by atoms with Gasteiger partial charge in [0.25, 0.3) is 0 Å². The first-order valence-electron chi connectivity index (χ1n) is 7.39. The van der Waals surface area contributed by atoms with Crippen molar-refractivity contribution in [3.8, 4) is 11.6 Å². The van der Waals surface area contributed by atoms with Gasteiger partial charge in [0.2, 0.25) is 5.88 Å². The van der Waals surface area contributed by atoms with Crippen molar-refractivity contribution >= 4 is 5.82 Å². The van der Waals surface area contributed by atoms with Crippen LogP contribution in [0.15, 0.2) is 18.2 Å². The van der Waals surface area contributed by atoms with Gasteiger partial charge in [-0.15, -0.1) is 0 Å². The molecular formula is C17H21N3O. The first kappa shape index (κ1) is 13.9. The summed E-state index contributed by atoms with van der Waals surface area (Å²) < 4.78 is 6.04. The molecule has 3 rings (SSSR count). The third-order valence-corrected chi connectivity index (χ3v) is 3.71. The van der Waals surface area contributed by atoms with Crippen LogP contribution in [-0.4, -0.2) is 17.0 Å². The van der Waals surface area contributed by atoms with Crippen molar-refractivity contribution in [3.05, 3.63) is 40.7 Å². The Labute approximate surface area is 125 Å². The van der Waals surface area contributed by atoms with E-state index in [0.717, 1.165) is 23.0 Å². The van der Waals surface area contributed by atoms with E-state index in [1.54, 1.807) is 0 Å². The second kappa shape index (κ2) is 5.35. The van der Waals surface area contributed by atoms with Gasteiger partial charge in [0.15, 0.2) is 0 Å². The van der Waals surface area contributed by atoms with Crippen LogP contribution in [0.3, 0.4) is 0 Å². The molecule has 0 amide bonds. The second-order valence-corrected chi connectivity index (χ2v) is 5.81. The number of hydrogen-bond donors (Lipinski definition) is 1. The lowest BCUT2D eigenvalue weighted by Gasteiger charge is -2.13. The van der Waals surface area contributed by atoms with Crippen LogP contribution in [0.1, 0.15) is 41.3 Å². The van der Waals surface area contributed by atoms with Gasteiger partial charge in [-0.3, -0.25) is 0 Å². The van der Waals surface area contributed by atoms with Crippen LogP contribution in [0.2, 0.25) is 0 Å². The molecule has 4 heteroatoms. The van der Waals surface area contributed by atoms with Gasteiger partial charge < -0.3 is 10.1 Å². The van der Waals surface area contributed by atoms with Crippen LogP contribution >= 0.6 is 0 Å². The summed E-state index contributed by atoms with van der Waals surface area (Å²) in [5.41, 5.74) is 3.32. The Hall–Kier alpha value is -2.10. The molecule has 4 nitrogen and oxygen atoms in total. The summed E-state index contributed by atoms with van der Waals surface area (Å²) >= 11 is 0. The Morgan fingerprint density at radius 1 is 1.05 bits per heavy atom. The molecule has 1 aromatic heterocycles. The van der Waals surface area contributed by atoms with E-state index in [4.69, 9.17) is 4.74 Å². The minimum atomic E-state index is 0.499. The predicted octanol–water partition coefficient (Wildman–Crippen LogP) is 4.11. The molecule has 0 bridgehead atoms. The number of aryl methyl sites for hydroxylation is 2. The van der Waals surface area contributed by atoms with Crippen LogP contribution in [-0.2, 0) is 0 Å². The molecule has 0 aliphatic heterocycles. The molecule has 110 valence electrons. The van der Waals surface area contributed by atoms with Gasteiger partial charge in [-0.05, 0) is 56.9 Å². The average molecular weight is 283 g/mol. The van der Waals surface area contributed by atoms with Gasteiger partial charge in [-0.2, -0.15) is 4.98 Å². The predicted molar refractivity (Wildman–Crippen MR) is 84.3 cm³/mol. The zero-order valence-corrected chi connectivity index (χ0v) is 13.0. The number of ether oxygens (including phenoxy) is 1. The fraction of sp³-hybridized carbons (Fsp3) is 0.412. The number of nitrogens with one attached hydrogen (secondary N) is 1. The van der Waals surface area contributed by atoms with Crippen molar-refractivity contribution in [3.63, 3.8) is 0 Å². The van der Waals surface area contributed by atoms with Crippen molar-refractivity contribution in [2.75, 3.05) is 12.4 Å². The highest BCUT2D eigenvalue weighted by Crippen LogP contribution is 2.40. The molecule has 1 aromatic carbocycles. The van der Waals surface area contributed by atoms with Gasteiger partial charge in [-0.1, -0.05) is 6.07 Å². The van der Waals surface area contributed by atoms with Gasteiger partial charge in [0.05, 0.1) is 5.56 Å². The summed E-state index contributed by atoms with van der Waals surface area (Å²) in [5, 5.41) is 3.14. The van der Waals surface area contributed by atoms with Crippen molar-refractivity contribution in [1.29, 1.82) is 0 Å². The maximum atomic E-state index is 6.04. The number of hydrogen-bond acceptors (Lipinski definition) is 4. The lowest BCUT2D eigenvalue weighted by molar-refractivity contribution is 0.454. The molecule has 0 radical (unpaired) electrons. The molecule has 0 atom stereocenters. The summed E-state index contributed by atoms with van der Waals surface area (Å²) in [4.78, 5) is 9.21. The van der Waals surface area contributed by atoms with Gasteiger partial charge >= 0.3 is 0 Å². The summed E-state index contributed by atoms with van der Waals surface area (Å²) in [5.74, 6) is 3.73. The standard InChI is InChI=1S/C17H21N3O/c1-10-7-11(2)9-14(8-10)21-17-12(3)15(18-4)19-16(20-17)13-5-6-13/h7-9,13H,5-6H2,1-4H3,(H,18,19,20). The first-order valence-corrected chi connectivity index (χ1v) is 7.39. The van der Waals surface area contributed by atoms with Gasteiger partial charge in [0, 0.05) is 13.0 Å². The van der Waals surface area contributed by atoms with E-state index >= 15 is 0 Å². The zero-order chi connectivity index (χ0) is 15.0. The molecule has 0 spiro atoms. The number of rotatable bonds is 4. The maximum Gasteiger partial charge on any atom is 0.227 e. The molecule has 1 saturated carbocycles. The molecule has 21 heavy (non-hydrogen) atoms. The molecule has 1 N–H and O–H groups in total. The average Bonchev–Trinajstić information content (AvgIpc) is 3.24. The summed E-state index contributed by atoms with van der Waals surface area (Å²) in [6.45, 7) is 6.13. The summed E-state index contributed by atoms with van der Waals surface area (Å²) in [7, 11) is 1.88. The van der Waals surface area contributed by atoms with E-state index in [9.17, 15) is 0 Å². The van der Waals surface area contributed by atoms with E-state index < -0.39 is 0 Å². The van der Waals surface area contributed by atoms with Gasteiger partial charge in [0.1, 0.15) is 17.4 Å². The highest BCUT2D eigenvalue weighted by atomic mass is 16.5. The van der Waals surface area contributed by atoms with E-state index in [1.165, 1.54) is 24.0 Å². The van der Waals surface area contributed by atoms with Crippen LogP contribution in [0.5, 0.6) is 11.6 Å². The smallest absolute Gasteiger partial charge is 0.227 e. The number of aromatic nitrogens is 2. The molecule has 1 fully saturated rings. The minimum Gasteiger partial charge on any atom is -0.439 e. The number of nitrogens with zero attached hydrogens (tertiary/aromatic N) is 2. The number of anilines is 1. The molecule has 1 aliphatic carbocycles. The molecule has 2 aromatic rings. The molecule has 0 unspecified atom stereocenters. The van der Waals surface area contributed by atoms with E-state index in [0.29, 0.717) is 11.8 Å². The Morgan fingerprint density at radius 2 is 1.71 bits per heavy atom. The molecule has 1 heterocycles. The SMILES string of the molecule is CNc1nc(C2CC2)nc(Oc2cc(C)cc(C)c2)c1C. The fourth-order valence-corrected chi connectivity index (χ4v) is 2.48. The Bertz CT molecular complexity index is 658. The summed E-state index contributed by atoms with van der Waals surface area (Å²) in [6.07, 6.45) is 2.35. The second-order valence-electron chi connectivity index (χ2n) is 5.81. The third-order valence-electron chi connectivity index (χ3n) is 3.71. The highest BCUT2D eigenvalue weighted by Gasteiger charge is 2.28. The van der Waals surface area contributed by atoms with Crippen LogP contribution in [0.25, 0.3) is 0 Å². The van der Waals surface area contributed by atoms with E-state index in [-0.39, 0.29) is 0 Å². The lowest BCUT2D eigenvalue weighted by atomic mass is 10.1. The van der Waals surface area contributed by atoms with Crippen LogP contribution in [0, 0.1) is 20.8 Å². The zero-order valence-electron chi connectivity index (χ0n) is 13.0. The number of benzene rings is 1. The van der Waals surface area contributed by atoms with Crippen molar-refractivity contribution in [2.45, 2.75) is 39.5 Å². The Kier molecular flexibility index (Phi) is 3.53. The van der Waals surface area contributed by atoms with Crippen molar-refractivity contribution < 1.29 is 4.74 Å². The quantitative estimate of drug-likeness (QED) is 0.917. The normalized spacial score (nSPS) is 14.1. The minimum absolute atomic E-state index is 0.499. The summed E-state index contributed by atoms with van der Waals surface area (Å²) in [6, 6.07) is 6.20. The van der Waals surface area contributed by atoms with Crippen molar-refractivity contribution in [1.82, 2.24) is 9.97 Å². The largest absolute Gasteiger partial charge is 0.439 e. The maximum absolute atomic E-state index is 6.04. The molecular weight excluding hydrogens is 262 g/mol. The van der Waals surface area contributed by atoms with Gasteiger partial charge in [-0.25, -0.2) is 4.98 Å².